The minimum absolute atomic E-state index is 0.0115. The fraction of sp³-hybridized carbons (Fsp3) is 0.278. The Hall–Kier alpha value is -2.89. The average molecular weight is 325 g/mol. The van der Waals surface area contributed by atoms with Crippen molar-refractivity contribution < 1.29 is 9.66 Å². The molecule has 0 aliphatic rings. The lowest BCUT2D eigenvalue weighted by Crippen LogP contribution is -2.08. The number of rotatable bonds is 5. The summed E-state index contributed by atoms with van der Waals surface area (Å²) in [6.07, 6.45) is 1.78. The van der Waals surface area contributed by atoms with E-state index in [0.717, 1.165) is 16.6 Å². The molecule has 3 rings (SSSR count). The smallest absolute Gasteiger partial charge is 0.310 e. The van der Waals surface area contributed by atoms with Crippen LogP contribution in [0.4, 0.5) is 5.69 Å². The third-order valence-electron chi connectivity index (χ3n) is 4.14. The summed E-state index contributed by atoms with van der Waals surface area (Å²) in [4.78, 5) is 15.1. The number of nitro benzene ring substituents is 1. The second-order valence-corrected chi connectivity index (χ2v) is 5.94. The molecule has 0 amide bonds. The first-order valence-corrected chi connectivity index (χ1v) is 7.75. The maximum absolute atomic E-state index is 11.1. The molecule has 0 unspecified atom stereocenters. The van der Waals surface area contributed by atoms with Crippen LogP contribution in [0.2, 0.25) is 0 Å². The minimum atomic E-state index is -0.423. The Morgan fingerprint density at radius 1 is 1.17 bits per heavy atom. The number of hydrogen-bond donors (Lipinski definition) is 0. The fourth-order valence-corrected chi connectivity index (χ4v) is 2.63. The van der Waals surface area contributed by atoms with Gasteiger partial charge in [0.1, 0.15) is 6.61 Å². The highest BCUT2D eigenvalue weighted by molar-refractivity contribution is 5.77. The van der Waals surface area contributed by atoms with Crippen LogP contribution in [0.15, 0.2) is 36.7 Å². The molecule has 6 nitrogen and oxygen atoms in total. The van der Waals surface area contributed by atoms with Gasteiger partial charge in [0, 0.05) is 6.07 Å². The third kappa shape index (κ3) is 3.08. The lowest BCUT2D eigenvalue weighted by Gasteiger charge is -2.09. The van der Waals surface area contributed by atoms with Gasteiger partial charge in [0.15, 0.2) is 5.75 Å². The highest BCUT2D eigenvalue weighted by Gasteiger charge is 2.15. The van der Waals surface area contributed by atoms with E-state index in [2.05, 4.69) is 31.0 Å². The van der Waals surface area contributed by atoms with Crippen molar-refractivity contribution in [1.29, 1.82) is 0 Å². The monoisotopic (exact) mass is 325 g/mol. The number of imidazole rings is 1. The lowest BCUT2D eigenvalue weighted by molar-refractivity contribution is -0.385. The first kappa shape index (κ1) is 16.0. The van der Waals surface area contributed by atoms with E-state index >= 15 is 0 Å². The van der Waals surface area contributed by atoms with Gasteiger partial charge >= 0.3 is 5.69 Å². The van der Waals surface area contributed by atoms with Gasteiger partial charge in [-0.3, -0.25) is 10.1 Å². The van der Waals surface area contributed by atoms with Crippen molar-refractivity contribution in [2.45, 2.75) is 27.3 Å². The van der Waals surface area contributed by atoms with Crippen LogP contribution in [-0.2, 0) is 6.54 Å². The Balaban J connectivity index is 1.77. The predicted octanol–water partition coefficient (Wildman–Crippen LogP) is 3.95. The number of hydrogen-bond acceptors (Lipinski definition) is 4. The van der Waals surface area contributed by atoms with Gasteiger partial charge in [-0.05, 0) is 55.7 Å². The van der Waals surface area contributed by atoms with E-state index in [1.807, 2.05) is 11.5 Å². The highest BCUT2D eigenvalue weighted by Crippen LogP contribution is 2.27. The van der Waals surface area contributed by atoms with Crippen molar-refractivity contribution >= 4 is 16.7 Å². The third-order valence-corrected chi connectivity index (χ3v) is 4.14. The number of benzene rings is 2. The molecule has 0 saturated heterocycles. The molecule has 2 aromatic carbocycles. The summed E-state index contributed by atoms with van der Waals surface area (Å²) >= 11 is 0. The van der Waals surface area contributed by atoms with Gasteiger partial charge in [0.05, 0.1) is 28.8 Å². The maximum atomic E-state index is 11.1. The van der Waals surface area contributed by atoms with E-state index in [1.165, 1.54) is 17.2 Å². The van der Waals surface area contributed by atoms with Crippen molar-refractivity contribution in [3.63, 3.8) is 0 Å². The van der Waals surface area contributed by atoms with Crippen molar-refractivity contribution in [1.82, 2.24) is 9.55 Å². The predicted molar refractivity (Wildman–Crippen MR) is 92.5 cm³/mol. The zero-order chi connectivity index (χ0) is 17.3. The first-order valence-electron chi connectivity index (χ1n) is 7.75. The standard InChI is InChI=1S/C18H19N3O3/c1-12-4-5-16(21(22)23)18(8-12)24-7-6-20-11-19-15-9-13(2)14(3)10-17(15)20/h4-5,8-11H,6-7H2,1-3H3. The number of ether oxygens (including phenoxy) is 1. The molecule has 1 heterocycles. The minimum Gasteiger partial charge on any atom is -0.485 e. The topological polar surface area (TPSA) is 70.2 Å². The molecular weight excluding hydrogens is 306 g/mol. The van der Waals surface area contributed by atoms with Crippen molar-refractivity contribution in [3.05, 3.63) is 63.5 Å². The van der Waals surface area contributed by atoms with Crippen LogP contribution in [0.1, 0.15) is 16.7 Å². The largest absolute Gasteiger partial charge is 0.485 e. The highest BCUT2D eigenvalue weighted by atomic mass is 16.6. The number of aromatic nitrogens is 2. The summed E-state index contributed by atoms with van der Waals surface area (Å²) in [7, 11) is 0. The summed E-state index contributed by atoms with van der Waals surface area (Å²) in [6, 6.07) is 9.04. The quantitative estimate of drug-likeness (QED) is 0.526. The van der Waals surface area contributed by atoms with Gasteiger partial charge in [-0.2, -0.15) is 0 Å². The van der Waals surface area contributed by atoms with Crippen LogP contribution in [-0.4, -0.2) is 21.1 Å². The van der Waals surface area contributed by atoms with Crippen molar-refractivity contribution in [3.8, 4) is 5.75 Å². The molecular formula is C18H19N3O3. The van der Waals surface area contributed by atoms with Crippen molar-refractivity contribution in [2.75, 3.05) is 6.61 Å². The Bertz CT molecular complexity index is 915. The molecule has 0 atom stereocenters. The summed E-state index contributed by atoms with van der Waals surface area (Å²) in [5.74, 6) is 0.302. The van der Waals surface area contributed by atoms with E-state index in [9.17, 15) is 10.1 Å². The van der Waals surface area contributed by atoms with Crippen molar-refractivity contribution in [2.24, 2.45) is 0 Å². The second kappa shape index (κ2) is 6.31. The zero-order valence-corrected chi connectivity index (χ0v) is 13.9. The molecule has 0 aliphatic carbocycles. The first-order chi connectivity index (χ1) is 11.5. The van der Waals surface area contributed by atoms with Crippen LogP contribution < -0.4 is 4.74 Å². The molecule has 0 N–H and O–H groups in total. The molecule has 0 saturated carbocycles. The van der Waals surface area contributed by atoms with E-state index in [0.29, 0.717) is 18.9 Å². The zero-order valence-electron chi connectivity index (χ0n) is 13.9. The number of nitrogens with zero attached hydrogens (tertiary/aromatic N) is 3. The van der Waals surface area contributed by atoms with Gasteiger partial charge in [-0.25, -0.2) is 4.98 Å². The molecule has 1 aromatic heterocycles. The van der Waals surface area contributed by atoms with Crippen LogP contribution in [0.3, 0.4) is 0 Å². The SMILES string of the molecule is Cc1ccc([N+](=O)[O-])c(OCCn2cnc3cc(C)c(C)cc32)c1. The van der Waals surface area contributed by atoms with Crippen LogP contribution in [0.25, 0.3) is 11.0 Å². The second-order valence-electron chi connectivity index (χ2n) is 5.94. The molecule has 3 aromatic rings. The van der Waals surface area contributed by atoms with Crippen LogP contribution in [0, 0.1) is 30.9 Å². The normalized spacial score (nSPS) is 11.0. The number of fused-ring (bicyclic) bond motifs is 1. The summed E-state index contributed by atoms with van der Waals surface area (Å²) in [6.45, 7) is 6.92. The van der Waals surface area contributed by atoms with Gasteiger partial charge < -0.3 is 9.30 Å². The molecule has 24 heavy (non-hydrogen) atoms. The molecule has 124 valence electrons. The summed E-state index contributed by atoms with van der Waals surface area (Å²) < 4.78 is 7.67. The average Bonchev–Trinajstić information content (AvgIpc) is 2.90. The summed E-state index contributed by atoms with van der Waals surface area (Å²) in [5, 5.41) is 11.1. The van der Waals surface area contributed by atoms with Gasteiger partial charge in [-0.1, -0.05) is 6.07 Å². The van der Waals surface area contributed by atoms with Gasteiger partial charge in [0.25, 0.3) is 0 Å². The van der Waals surface area contributed by atoms with Crippen LogP contribution in [0.5, 0.6) is 5.75 Å². The van der Waals surface area contributed by atoms with E-state index in [-0.39, 0.29) is 5.69 Å². The number of nitro groups is 1. The summed E-state index contributed by atoms with van der Waals surface area (Å²) in [5.41, 5.74) is 5.32. The fourth-order valence-electron chi connectivity index (χ4n) is 2.63. The Morgan fingerprint density at radius 2 is 1.92 bits per heavy atom. The Morgan fingerprint density at radius 3 is 2.67 bits per heavy atom. The molecule has 0 spiro atoms. The van der Waals surface area contributed by atoms with E-state index in [4.69, 9.17) is 4.74 Å². The molecule has 0 aliphatic heterocycles. The Kier molecular flexibility index (Phi) is 4.20. The van der Waals surface area contributed by atoms with Crippen LogP contribution >= 0.6 is 0 Å². The lowest BCUT2D eigenvalue weighted by atomic mass is 10.1. The molecule has 0 fully saturated rings. The maximum Gasteiger partial charge on any atom is 0.310 e. The molecule has 0 bridgehead atoms. The molecule has 0 radical (unpaired) electrons. The molecule has 6 heteroatoms. The Labute approximate surface area is 139 Å². The number of aryl methyl sites for hydroxylation is 3. The van der Waals surface area contributed by atoms with E-state index in [1.54, 1.807) is 18.5 Å². The van der Waals surface area contributed by atoms with Gasteiger partial charge in [0.2, 0.25) is 0 Å². The van der Waals surface area contributed by atoms with Gasteiger partial charge in [-0.15, -0.1) is 0 Å². The van der Waals surface area contributed by atoms with E-state index < -0.39 is 4.92 Å².